The first kappa shape index (κ1) is 13.4. The summed E-state index contributed by atoms with van der Waals surface area (Å²) in [5.74, 6) is -0.203. The van der Waals surface area contributed by atoms with E-state index in [9.17, 15) is 14.9 Å². The average molecular weight is 298 g/mol. The highest BCUT2D eigenvalue weighted by Crippen LogP contribution is 2.24. The molecule has 0 N–H and O–H groups in total. The molecule has 6 heteroatoms. The van der Waals surface area contributed by atoms with Gasteiger partial charge in [0.05, 0.1) is 15.1 Å². The number of nitro groups is 1. The molecule has 1 aromatic heterocycles. The molecular weight excluding hydrogens is 288 g/mol. The van der Waals surface area contributed by atoms with E-state index in [0.29, 0.717) is 10.6 Å². The third kappa shape index (κ3) is 2.66. The minimum Gasteiger partial charge on any atom is -0.291 e. The lowest BCUT2D eigenvalue weighted by Gasteiger charge is -2.00. The van der Waals surface area contributed by atoms with E-state index < -0.39 is 4.92 Å². The molecule has 5 nitrogen and oxygen atoms in total. The van der Waals surface area contributed by atoms with Gasteiger partial charge in [-0.05, 0) is 12.1 Å². The number of nitrogens with zero attached hydrogens (tertiary/aromatic N) is 2. The molecule has 3 aromatic rings. The molecule has 0 atom stereocenters. The maximum absolute atomic E-state index is 12.3. The molecule has 0 aliphatic carbocycles. The van der Waals surface area contributed by atoms with E-state index in [-0.39, 0.29) is 17.9 Å². The van der Waals surface area contributed by atoms with E-state index in [0.717, 1.165) is 10.2 Å². The molecule has 0 radical (unpaired) electrons. The standard InChI is InChI=1S/C15H10N2O3S/c18-13(9-10-5-1-3-7-12(10)17(19)20)15-16-11-6-2-4-8-14(11)21-15/h1-8H,9H2. The number of para-hydroxylation sites is 2. The summed E-state index contributed by atoms with van der Waals surface area (Å²) in [4.78, 5) is 27.1. The van der Waals surface area contributed by atoms with E-state index in [2.05, 4.69) is 4.98 Å². The lowest BCUT2D eigenvalue weighted by Crippen LogP contribution is -2.05. The van der Waals surface area contributed by atoms with Crippen molar-refractivity contribution in [1.29, 1.82) is 0 Å². The summed E-state index contributed by atoms with van der Waals surface area (Å²) in [6, 6.07) is 13.8. The SMILES string of the molecule is O=C(Cc1ccccc1[N+](=O)[O-])c1nc2ccccc2s1. The van der Waals surface area contributed by atoms with Crippen LogP contribution in [0.1, 0.15) is 15.4 Å². The molecule has 21 heavy (non-hydrogen) atoms. The molecule has 0 aliphatic heterocycles. The number of nitro benzene ring substituents is 1. The van der Waals surface area contributed by atoms with Crippen LogP contribution >= 0.6 is 11.3 Å². The van der Waals surface area contributed by atoms with Crippen LogP contribution in [-0.2, 0) is 6.42 Å². The summed E-state index contributed by atoms with van der Waals surface area (Å²) in [7, 11) is 0. The molecule has 104 valence electrons. The summed E-state index contributed by atoms with van der Waals surface area (Å²) in [6.07, 6.45) is -0.0169. The van der Waals surface area contributed by atoms with Crippen LogP contribution in [0.15, 0.2) is 48.5 Å². The Labute approximate surface area is 124 Å². The monoisotopic (exact) mass is 298 g/mol. The predicted molar refractivity (Wildman–Crippen MR) is 80.8 cm³/mol. The number of carbonyl (C=O) groups is 1. The van der Waals surface area contributed by atoms with Crippen molar-refractivity contribution in [1.82, 2.24) is 4.98 Å². The number of hydrogen-bond donors (Lipinski definition) is 0. The third-order valence-electron chi connectivity index (χ3n) is 3.07. The number of aromatic nitrogens is 1. The van der Waals surface area contributed by atoms with Crippen LogP contribution in [0.25, 0.3) is 10.2 Å². The van der Waals surface area contributed by atoms with Crippen molar-refractivity contribution in [3.63, 3.8) is 0 Å². The lowest BCUT2D eigenvalue weighted by atomic mass is 10.1. The zero-order chi connectivity index (χ0) is 14.8. The van der Waals surface area contributed by atoms with Crippen molar-refractivity contribution in [2.24, 2.45) is 0 Å². The van der Waals surface area contributed by atoms with Crippen LogP contribution in [-0.4, -0.2) is 15.7 Å². The van der Waals surface area contributed by atoms with E-state index in [1.54, 1.807) is 18.2 Å². The van der Waals surface area contributed by atoms with Gasteiger partial charge in [-0.15, -0.1) is 11.3 Å². The summed E-state index contributed by atoms with van der Waals surface area (Å²) in [5.41, 5.74) is 1.15. The van der Waals surface area contributed by atoms with E-state index in [1.165, 1.54) is 17.4 Å². The van der Waals surface area contributed by atoms with Gasteiger partial charge in [0.1, 0.15) is 0 Å². The molecule has 1 heterocycles. The highest BCUT2D eigenvalue weighted by atomic mass is 32.1. The second-order valence-corrected chi connectivity index (χ2v) is 5.50. The predicted octanol–water partition coefficient (Wildman–Crippen LogP) is 3.63. The molecule has 0 saturated heterocycles. The summed E-state index contributed by atoms with van der Waals surface area (Å²) < 4.78 is 0.934. The Balaban J connectivity index is 1.91. The van der Waals surface area contributed by atoms with Crippen molar-refractivity contribution >= 4 is 33.0 Å². The third-order valence-corrected chi connectivity index (χ3v) is 4.15. The molecule has 0 fully saturated rings. The molecule has 0 spiro atoms. The minimum atomic E-state index is -0.471. The fourth-order valence-corrected chi connectivity index (χ4v) is 2.98. The van der Waals surface area contributed by atoms with Crippen molar-refractivity contribution in [3.05, 3.63) is 69.2 Å². The van der Waals surface area contributed by atoms with Gasteiger partial charge >= 0.3 is 0 Å². The van der Waals surface area contributed by atoms with E-state index in [4.69, 9.17) is 0 Å². The molecule has 0 amide bonds. The average Bonchev–Trinajstić information content (AvgIpc) is 2.91. The summed E-state index contributed by atoms with van der Waals surface area (Å²) >= 11 is 1.31. The number of carbonyl (C=O) groups excluding carboxylic acids is 1. The topological polar surface area (TPSA) is 73.1 Å². The van der Waals surface area contributed by atoms with Crippen LogP contribution in [0.3, 0.4) is 0 Å². The normalized spacial score (nSPS) is 10.7. The highest BCUT2D eigenvalue weighted by Gasteiger charge is 2.18. The van der Waals surface area contributed by atoms with Crippen molar-refractivity contribution < 1.29 is 9.72 Å². The second kappa shape index (κ2) is 5.41. The molecule has 0 aliphatic rings. The Kier molecular flexibility index (Phi) is 3.45. The molecule has 3 rings (SSSR count). The smallest absolute Gasteiger partial charge is 0.273 e. The number of rotatable bonds is 4. The first-order valence-electron chi connectivity index (χ1n) is 6.26. The van der Waals surface area contributed by atoms with E-state index >= 15 is 0 Å². The van der Waals surface area contributed by atoms with Gasteiger partial charge in [0.2, 0.25) is 0 Å². The Hall–Kier alpha value is -2.60. The van der Waals surface area contributed by atoms with Crippen LogP contribution in [0.5, 0.6) is 0 Å². The van der Waals surface area contributed by atoms with Crippen molar-refractivity contribution in [2.45, 2.75) is 6.42 Å². The Morgan fingerprint density at radius 3 is 2.62 bits per heavy atom. The van der Waals surface area contributed by atoms with Crippen molar-refractivity contribution in [2.75, 3.05) is 0 Å². The van der Waals surface area contributed by atoms with Gasteiger partial charge in [-0.2, -0.15) is 0 Å². The van der Waals surface area contributed by atoms with Crippen LogP contribution in [0.4, 0.5) is 5.69 Å². The quantitative estimate of drug-likeness (QED) is 0.419. The van der Waals surface area contributed by atoms with Gasteiger partial charge < -0.3 is 0 Å². The van der Waals surface area contributed by atoms with Gasteiger partial charge in [-0.3, -0.25) is 14.9 Å². The Morgan fingerprint density at radius 2 is 1.86 bits per heavy atom. The number of ketones is 1. The molecule has 2 aromatic carbocycles. The summed E-state index contributed by atoms with van der Waals surface area (Å²) in [5, 5.41) is 11.3. The number of benzene rings is 2. The molecule has 0 unspecified atom stereocenters. The van der Waals surface area contributed by atoms with Gasteiger partial charge in [0.25, 0.3) is 5.69 Å². The zero-order valence-corrected chi connectivity index (χ0v) is 11.7. The van der Waals surface area contributed by atoms with Crippen molar-refractivity contribution in [3.8, 4) is 0 Å². The zero-order valence-electron chi connectivity index (χ0n) is 10.9. The molecule has 0 bridgehead atoms. The number of hydrogen-bond acceptors (Lipinski definition) is 5. The Morgan fingerprint density at radius 1 is 1.14 bits per heavy atom. The number of fused-ring (bicyclic) bond motifs is 1. The highest BCUT2D eigenvalue weighted by molar-refractivity contribution is 7.20. The first-order valence-corrected chi connectivity index (χ1v) is 7.08. The van der Waals surface area contributed by atoms with Gasteiger partial charge in [0, 0.05) is 18.1 Å². The second-order valence-electron chi connectivity index (χ2n) is 4.47. The fraction of sp³-hybridized carbons (Fsp3) is 0.0667. The lowest BCUT2D eigenvalue weighted by molar-refractivity contribution is -0.385. The molecule has 0 saturated carbocycles. The molecular formula is C15H10N2O3S. The van der Waals surface area contributed by atoms with Gasteiger partial charge in [0.15, 0.2) is 10.8 Å². The maximum Gasteiger partial charge on any atom is 0.273 e. The van der Waals surface area contributed by atoms with Crippen LogP contribution < -0.4 is 0 Å². The van der Waals surface area contributed by atoms with Gasteiger partial charge in [-0.25, -0.2) is 4.98 Å². The fourth-order valence-electron chi connectivity index (χ4n) is 2.08. The summed E-state index contributed by atoms with van der Waals surface area (Å²) in [6.45, 7) is 0. The van der Waals surface area contributed by atoms with Gasteiger partial charge in [-0.1, -0.05) is 30.3 Å². The number of Topliss-reactive ketones (excluding diaryl/α,β-unsaturated/α-hetero) is 1. The van der Waals surface area contributed by atoms with E-state index in [1.807, 2.05) is 24.3 Å². The van der Waals surface area contributed by atoms with Crippen LogP contribution in [0, 0.1) is 10.1 Å². The maximum atomic E-state index is 12.3. The van der Waals surface area contributed by atoms with Crippen LogP contribution in [0.2, 0.25) is 0 Å². The number of thiazole rings is 1. The first-order chi connectivity index (χ1) is 10.1. The Bertz CT molecular complexity index is 809. The largest absolute Gasteiger partial charge is 0.291 e. The minimum absolute atomic E-state index is 0.0169.